The third-order valence-corrected chi connectivity index (χ3v) is 3.34. The van der Waals surface area contributed by atoms with Crippen LogP contribution in [0.5, 0.6) is 5.75 Å². The predicted octanol–water partition coefficient (Wildman–Crippen LogP) is 3.41. The third-order valence-electron chi connectivity index (χ3n) is 2.65. The van der Waals surface area contributed by atoms with Gasteiger partial charge in [-0.2, -0.15) is 0 Å². The van der Waals surface area contributed by atoms with Gasteiger partial charge in [0.2, 0.25) is 0 Å². The molecule has 0 bridgehead atoms. The molecule has 0 fully saturated rings. The molecule has 0 aliphatic rings. The number of methoxy groups -OCH3 is 1. The maximum Gasteiger partial charge on any atom is 0.274 e. The van der Waals surface area contributed by atoms with Gasteiger partial charge in [0.1, 0.15) is 11.4 Å². The number of anilines is 1. The minimum atomic E-state index is -0.243. The zero-order chi connectivity index (χ0) is 13.8. The number of rotatable bonds is 3. The number of halogens is 1. The molecule has 0 saturated carbocycles. The second kappa shape index (κ2) is 5.84. The topological polar surface area (TPSA) is 51.2 Å². The average Bonchev–Trinajstić information content (AvgIpc) is 2.41. The number of aromatic nitrogens is 1. The molecule has 2 rings (SSSR count). The van der Waals surface area contributed by atoms with E-state index in [1.165, 1.54) is 0 Å². The maximum absolute atomic E-state index is 12.2. The van der Waals surface area contributed by atoms with Crippen LogP contribution in [0.3, 0.4) is 0 Å². The number of ether oxygens (including phenoxy) is 1. The Balaban J connectivity index is 2.26. The molecule has 0 atom stereocenters. The number of aryl methyl sites for hydroxylation is 1. The average molecular weight is 321 g/mol. The first-order valence-electron chi connectivity index (χ1n) is 5.68. The Morgan fingerprint density at radius 2 is 2.16 bits per heavy atom. The summed E-state index contributed by atoms with van der Waals surface area (Å²) in [5.74, 6) is 0.434. The lowest BCUT2D eigenvalue weighted by molar-refractivity contribution is 0.102. The Morgan fingerprint density at radius 1 is 1.37 bits per heavy atom. The highest BCUT2D eigenvalue weighted by Crippen LogP contribution is 2.27. The Morgan fingerprint density at radius 3 is 2.84 bits per heavy atom. The van der Waals surface area contributed by atoms with Gasteiger partial charge in [0, 0.05) is 16.7 Å². The summed E-state index contributed by atoms with van der Waals surface area (Å²) in [6.45, 7) is 1.85. The van der Waals surface area contributed by atoms with Crippen molar-refractivity contribution >= 4 is 27.5 Å². The molecule has 4 nitrogen and oxygen atoms in total. The van der Waals surface area contributed by atoms with Crippen molar-refractivity contribution in [1.29, 1.82) is 0 Å². The van der Waals surface area contributed by atoms with Crippen LogP contribution in [0.1, 0.15) is 16.1 Å². The smallest absolute Gasteiger partial charge is 0.274 e. The van der Waals surface area contributed by atoms with E-state index in [2.05, 4.69) is 26.2 Å². The summed E-state index contributed by atoms with van der Waals surface area (Å²) in [6.07, 6.45) is 1.60. The van der Waals surface area contributed by atoms with Crippen LogP contribution in [-0.2, 0) is 0 Å². The van der Waals surface area contributed by atoms with Crippen molar-refractivity contribution < 1.29 is 9.53 Å². The van der Waals surface area contributed by atoms with Crippen molar-refractivity contribution in [3.05, 3.63) is 52.3 Å². The lowest BCUT2D eigenvalue weighted by Crippen LogP contribution is -2.15. The quantitative estimate of drug-likeness (QED) is 0.942. The third kappa shape index (κ3) is 3.12. The van der Waals surface area contributed by atoms with Crippen LogP contribution in [0, 0.1) is 6.92 Å². The zero-order valence-corrected chi connectivity index (χ0v) is 12.2. The second-order valence-electron chi connectivity index (χ2n) is 3.97. The summed E-state index contributed by atoms with van der Waals surface area (Å²) >= 11 is 3.39. The number of hydrogen-bond donors (Lipinski definition) is 1. The van der Waals surface area contributed by atoms with Crippen molar-refractivity contribution in [2.45, 2.75) is 6.92 Å². The standard InChI is InChI=1S/C14H13BrN2O2/c1-9-4-3-7-16-13(9)14(18)17-12-8-10(19-2)5-6-11(12)15/h3-8H,1-2H3,(H,17,18). The van der Waals surface area contributed by atoms with E-state index in [-0.39, 0.29) is 5.91 Å². The maximum atomic E-state index is 12.2. The molecule has 1 aromatic heterocycles. The van der Waals surface area contributed by atoms with Crippen molar-refractivity contribution in [2.24, 2.45) is 0 Å². The number of amides is 1. The summed E-state index contributed by atoms with van der Waals surface area (Å²) in [5.41, 5.74) is 1.89. The molecule has 0 unspecified atom stereocenters. The molecule has 0 aliphatic heterocycles. The first-order valence-corrected chi connectivity index (χ1v) is 6.47. The van der Waals surface area contributed by atoms with E-state index < -0.39 is 0 Å². The van der Waals surface area contributed by atoms with Crippen LogP contribution in [0.25, 0.3) is 0 Å². The fourth-order valence-corrected chi connectivity index (χ4v) is 1.98. The molecule has 1 N–H and O–H groups in total. The molecule has 0 aliphatic carbocycles. The summed E-state index contributed by atoms with van der Waals surface area (Å²) < 4.78 is 5.92. The zero-order valence-electron chi connectivity index (χ0n) is 10.6. The Hall–Kier alpha value is -1.88. The van der Waals surface area contributed by atoms with Gasteiger partial charge in [-0.25, -0.2) is 0 Å². The van der Waals surface area contributed by atoms with Gasteiger partial charge in [0.15, 0.2) is 0 Å². The number of hydrogen-bond acceptors (Lipinski definition) is 3. The van der Waals surface area contributed by atoms with Gasteiger partial charge in [-0.3, -0.25) is 9.78 Å². The molecule has 1 aromatic carbocycles. The van der Waals surface area contributed by atoms with Gasteiger partial charge in [-0.15, -0.1) is 0 Å². The number of carbonyl (C=O) groups is 1. The lowest BCUT2D eigenvalue weighted by atomic mass is 10.2. The number of pyridine rings is 1. The van der Waals surface area contributed by atoms with Crippen molar-refractivity contribution in [3.8, 4) is 5.75 Å². The fourth-order valence-electron chi connectivity index (χ4n) is 1.63. The van der Waals surface area contributed by atoms with Crippen LogP contribution < -0.4 is 10.1 Å². The summed E-state index contributed by atoms with van der Waals surface area (Å²) in [7, 11) is 1.58. The molecular formula is C14H13BrN2O2. The van der Waals surface area contributed by atoms with E-state index in [0.29, 0.717) is 17.1 Å². The summed E-state index contributed by atoms with van der Waals surface area (Å²) in [5, 5.41) is 2.81. The van der Waals surface area contributed by atoms with Crippen LogP contribution >= 0.6 is 15.9 Å². The van der Waals surface area contributed by atoms with E-state index in [0.717, 1.165) is 10.0 Å². The highest BCUT2D eigenvalue weighted by molar-refractivity contribution is 9.10. The van der Waals surface area contributed by atoms with Gasteiger partial charge >= 0.3 is 0 Å². The Labute approximate surface area is 119 Å². The van der Waals surface area contributed by atoms with E-state index >= 15 is 0 Å². The SMILES string of the molecule is COc1ccc(Br)c(NC(=O)c2ncccc2C)c1. The van der Waals surface area contributed by atoms with Gasteiger partial charge in [-0.1, -0.05) is 6.07 Å². The molecule has 0 spiro atoms. The van der Waals surface area contributed by atoms with Crippen molar-refractivity contribution in [2.75, 3.05) is 12.4 Å². The normalized spacial score (nSPS) is 10.1. The van der Waals surface area contributed by atoms with Crippen molar-refractivity contribution in [3.63, 3.8) is 0 Å². The van der Waals surface area contributed by atoms with Crippen molar-refractivity contribution in [1.82, 2.24) is 4.98 Å². The van der Waals surface area contributed by atoms with Crippen LogP contribution in [0.2, 0.25) is 0 Å². The highest BCUT2D eigenvalue weighted by atomic mass is 79.9. The first kappa shape index (κ1) is 13.5. The number of benzene rings is 1. The van der Waals surface area contributed by atoms with Gasteiger partial charge < -0.3 is 10.1 Å². The van der Waals surface area contributed by atoms with E-state index in [4.69, 9.17) is 4.74 Å². The molecule has 19 heavy (non-hydrogen) atoms. The Bertz CT molecular complexity index is 614. The molecule has 5 heteroatoms. The van der Waals surface area contributed by atoms with E-state index in [1.54, 1.807) is 25.4 Å². The monoisotopic (exact) mass is 320 g/mol. The fraction of sp³-hybridized carbons (Fsp3) is 0.143. The van der Waals surface area contributed by atoms with E-state index in [9.17, 15) is 4.79 Å². The molecule has 98 valence electrons. The summed E-state index contributed by atoms with van der Waals surface area (Å²) in [4.78, 5) is 16.2. The lowest BCUT2D eigenvalue weighted by Gasteiger charge is -2.10. The predicted molar refractivity (Wildman–Crippen MR) is 77.6 cm³/mol. The van der Waals surface area contributed by atoms with Crippen LogP contribution in [-0.4, -0.2) is 18.0 Å². The van der Waals surface area contributed by atoms with Crippen LogP contribution in [0.4, 0.5) is 5.69 Å². The molecular weight excluding hydrogens is 308 g/mol. The highest BCUT2D eigenvalue weighted by Gasteiger charge is 2.12. The molecule has 0 saturated heterocycles. The molecule has 1 heterocycles. The summed E-state index contributed by atoms with van der Waals surface area (Å²) in [6, 6.07) is 9.03. The van der Waals surface area contributed by atoms with E-state index in [1.807, 2.05) is 25.1 Å². The second-order valence-corrected chi connectivity index (χ2v) is 4.82. The number of nitrogens with zero attached hydrogens (tertiary/aromatic N) is 1. The Kier molecular flexibility index (Phi) is 4.16. The minimum absolute atomic E-state index is 0.243. The number of nitrogens with one attached hydrogen (secondary N) is 1. The molecule has 2 aromatic rings. The first-order chi connectivity index (χ1) is 9.11. The van der Waals surface area contributed by atoms with Gasteiger partial charge in [-0.05, 0) is 46.6 Å². The van der Waals surface area contributed by atoms with Gasteiger partial charge in [0.05, 0.1) is 12.8 Å². The number of carbonyl (C=O) groups excluding carboxylic acids is 1. The molecule has 0 radical (unpaired) electrons. The molecule has 1 amide bonds. The minimum Gasteiger partial charge on any atom is -0.497 e. The van der Waals surface area contributed by atoms with Crippen LogP contribution in [0.15, 0.2) is 41.0 Å². The largest absolute Gasteiger partial charge is 0.497 e. The van der Waals surface area contributed by atoms with Gasteiger partial charge in [0.25, 0.3) is 5.91 Å².